The van der Waals surface area contributed by atoms with Crippen molar-refractivity contribution in [2.45, 2.75) is 57.8 Å². The molecule has 298 valence electrons. The van der Waals surface area contributed by atoms with Gasteiger partial charge in [0.1, 0.15) is 11.5 Å². The molecule has 0 unspecified atom stereocenters. The molecular formula is C50H52O6P2. The van der Waals surface area contributed by atoms with Crippen LogP contribution >= 0.6 is 17.2 Å². The molecule has 2 aliphatic heterocycles. The van der Waals surface area contributed by atoms with Crippen LogP contribution in [-0.2, 0) is 34.3 Å². The monoisotopic (exact) mass is 810 g/mol. The Balaban J connectivity index is 0.963. The van der Waals surface area contributed by atoms with E-state index in [2.05, 4.69) is 181 Å². The SMILES string of the molecule is CC(C)(c1ccccc1)c1ccc(OP2OCC3(COP(Oc4ccc(-c5ccccc5)cc4C(C)(C)c4ccccc4)OC3)CO2)c(C(C)(C)c2ccccc2)c1. The van der Waals surface area contributed by atoms with Crippen molar-refractivity contribution in [3.63, 3.8) is 0 Å². The molecule has 0 saturated carbocycles. The summed E-state index contributed by atoms with van der Waals surface area (Å²) in [6.45, 7) is 15.0. The highest BCUT2D eigenvalue weighted by Crippen LogP contribution is 2.55. The topological polar surface area (TPSA) is 55.4 Å². The van der Waals surface area contributed by atoms with Crippen LogP contribution in [0.2, 0.25) is 0 Å². The third kappa shape index (κ3) is 8.38. The Bertz CT molecular complexity index is 2280. The molecule has 2 fully saturated rings. The second-order valence-corrected chi connectivity index (χ2v) is 19.3. The molecule has 6 aromatic carbocycles. The van der Waals surface area contributed by atoms with E-state index in [1.807, 2.05) is 18.2 Å². The summed E-state index contributed by atoms with van der Waals surface area (Å²) in [5.41, 5.74) is 7.89. The zero-order chi connectivity index (χ0) is 40.4. The quantitative estimate of drug-likeness (QED) is 0.122. The van der Waals surface area contributed by atoms with Gasteiger partial charge in [0, 0.05) is 27.4 Å². The van der Waals surface area contributed by atoms with Gasteiger partial charge in [0.25, 0.3) is 0 Å². The molecule has 0 aromatic heterocycles. The first-order valence-corrected chi connectivity index (χ1v) is 22.1. The number of rotatable bonds is 11. The van der Waals surface area contributed by atoms with Crippen LogP contribution in [0.15, 0.2) is 158 Å². The molecule has 6 nitrogen and oxygen atoms in total. The predicted octanol–water partition coefficient (Wildman–Crippen LogP) is 13.3. The molecule has 0 aliphatic carbocycles. The van der Waals surface area contributed by atoms with E-state index in [0.717, 1.165) is 33.8 Å². The smallest absolute Gasteiger partial charge is 0.397 e. The third-order valence-corrected chi connectivity index (χ3v) is 13.9. The lowest BCUT2D eigenvalue weighted by molar-refractivity contribution is -0.0673. The molecule has 2 saturated heterocycles. The number of hydrogen-bond acceptors (Lipinski definition) is 6. The second kappa shape index (κ2) is 16.7. The van der Waals surface area contributed by atoms with Crippen LogP contribution < -0.4 is 9.05 Å². The molecule has 8 rings (SSSR count). The van der Waals surface area contributed by atoms with Crippen LogP contribution in [0.4, 0.5) is 0 Å². The van der Waals surface area contributed by atoms with E-state index >= 15 is 0 Å². The molecule has 0 N–H and O–H groups in total. The van der Waals surface area contributed by atoms with Gasteiger partial charge in [0.15, 0.2) is 0 Å². The van der Waals surface area contributed by atoms with Crippen molar-refractivity contribution in [2.24, 2.45) is 5.41 Å². The fourth-order valence-electron chi connectivity index (χ4n) is 7.79. The fraction of sp³-hybridized carbons (Fsp3) is 0.280. The lowest BCUT2D eigenvalue weighted by Gasteiger charge is -2.41. The first-order chi connectivity index (χ1) is 27.9. The van der Waals surface area contributed by atoms with Crippen molar-refractivity contribution in [2.75, 3.05) is 26.4 Å². The Morgan fingerprint density at radius 1 is 0.397 bits per heavy atom. The van der Waals surface area contributed by atoms with Crippen LogP contribution in [-0.4, -0.2) is 26.4 Å². The van der Waals surface area contributed by atoms with E-state index in [-0.39, 0.29) is 16.2 Å². The van der Waals surface area contributed by atoms with E-state index in [1.165, 1.54) is 22.3 Å². The first-order valence-electron chi connectivity index (χ1n) is 19.9. The largest absolute Gasteiger partial charge is 0.426 e. The maximum Gasteiger partial charge on any atom is 0.397 e. The highest BCUT2D eigenvalue weighted by Gasteiger charge is 2.45. The molecular weight excluding hydrogens is 758 g/mol. The predicted molar refractivity (Wildman–Crippen MR) is 235 cm³/mol. The lowest BCUT2D eigenvalue weighted by atomic mass is 9.73. The molecule has 2 heterocycles. The van der Waals surface area contributed by atoms with Crippen molar-refractivity contribution in [1.82, 2.24) is 0 Å². The van der Waals surface area contributed by atoms with Crippen LogP contribution in [0.5, 0.6) is 11.5 Å². The van der Waals surface area contributed by atoms with Gasteiger partial charge in [0.05, 0.1) is 31.8 Å². The van der Waals surface area contributed by atoms with E-state index < -0.39 is 22.6 Å². The third-order valence-electron chi connectivity index (χ3n) is 11.9. The zero-order valence-corrected chi connectivity index (χ0v) is 36.0. The van der Waals surface area contributed by atoms with Crippen LogP contribution in [0.3, 0.4) is 0 Å². The molecule has 0 bridgehead atoms. The summed E-state index contributed by atoms with van der Waals surface area (Å²) in [6, 6.07) is 55.1. The molecule has 0 amide bonds. The standard InChI is InChI=1S/C50H52O6P2/c1-47(2,39-21-13-8-14-22-39)42-28-30-46(44(32-42)49(5,6)41-25-17-10-18-26-41)56-58-53-35-50(36-54-58)33-51-57(52-34-50)55-45-29-27-38(37-19-11-7-12-20-37)31-43(45)48(3,4)40-23-15-9-16-24-40/h7-32H,33-36H2,1-6H3. The highest BCUT2D eigenvalue weighted by atomic mass is 31.2. The van der Waals surface area contributed by atoms with Gasteiger partial charge in [0.2, 0.25) is 0 Å². The Morgan fingerprint density at radius 3 is 1.22 bits per heavy atom. The summed E-state index contributed by atoms with van der Waals surface area (Å²) < 4.78 is 38.6. The lowest BCUT2D eigenvalue weighted by Crippen LogP contribution is -2.45. The van der Waals surface area contributed by atoms with Crippen molar-refractivity contribution in [1.29, 1.82) is 0 Å². The molecule has 58 heavy (non-hydrogen) atoms. The molecule has 0 radical (unpaired) electrons. The maximum absolute atomic E-state index is 6.64. The summed E-state index contributed by atoms with van der Waals surface area (Å²) >= 11 is 0. The van der Waals surface area contributed by atoms with Gasteiger partial charge in [-0.1, -0.05) is 181 Å². The zero-order valence-electron chi connectivity index (χ0n) is 34.2. The maximum atomic E-state index is 6.64. The molecule has 1 spiro atoms. The molecule has 6 aromatic rings. The first kappa shape index (κ1) is 40.4. The van der Waals surface area contributed by atoms with Crippen molar-refractivity contribution in [3.05, 3.63) is 191 Å². The van der Waals surface area contributed by atoms with E-state index in [4.69, 9.17) is 27.1 Å². The van der Waals surface area contributed by atoms with E-state index in [9.17, 15) is 0 Å². The minimum Gasteiger partial charge on any atom is -0.426 e. The van der Waals surface area contributed by atoms with E-state index in [1.54, 1.807) is 0 Å². The summed E-state index contributed by atoms with van der Waals surface area (Å²) in [5.74, 6) is 1.50. The Labute approximate surface area is 346 Å². The average molecular weight is 811 g/mol. The number of hydrogen-bond donors (Lipinski definition) is 0. The normalized spacial score (nSPS) is 20.1. The fourth-order valence-corrected chi connectivity index (χ4v) is 10.3. The Hall–Kier alpha value is -4.38. The van der Waals surface area contributed by atoms with Crippen molar-refractivity contribution < 1.29 is 27.1 Å². The van der Waals surface area contributed by atoms with Crippen LogP contribution in [0.1, 0.15) is 74.9 Å². The summed E-state index contributed by atoms with van der Waals surface area (Å²) in [7, 11) is -3.31. The summed E-state index contributed by atoms with van der Waals surface area (Å²) in [4.78, 5) is 0. The Morgan fingerprint density at radius 2 is 0.776 bits per heavy atom. The second-order valence-electron chi connectivity index (χ2n) is 17.0. The average Bonchev–Trinajstić information content (AvgIpc) is 3.26. The van der Waals surface area contributed by atoms with Crippen molar-refractivity contribution >= 4 is 17.2 Å². The number of benzene rings is 6. The van der Waals surface area contributed by atoms with Gasteiger partial charge in [-0.25, -0.2) is 0 Å². The van der Waals surface area contributed by atoms with Gasteiger partial charge in [-0.05, 0) is 51.6 Å². The van der Waals surface area contributed by atoms with Crippen LogP contribution in [0, 0.1) is 5.41 Å². The molecule has 2 aliphatic rings. The van der Waals surface area contributed by atoms with Gasteiger partial charge in [-0.2, -0.15) is 0 Å². The Kier molecular flexibility index (Phi) is 11.6. The van der Waals surface area contributed by atoms with Gasteiger partial charge >= 0.3 is 17.2 Å². The molecule has 0 atom stereocenters. The summed E-state index contributed by atoms with van der Waals surface area (Å²) in [5, 5.41) is 0. The minimum absolute atomic E-state index is 0.216. The highest BCUT2D eigenvalue weighted by molar-refractivity contribution is 7.42. The van der Waals surface area contributed by atoms with Gasteiger partial charge < -0.3 is 27.1 Å². The van der Waals surface area contributed by atoms with Crippen LogP contribution in [0.25, 0.3) is 11.1 Å². The summed E-state index contributed by atoms with van der Waals surface area (Å²) in [6.07, 6.45) is 0. The van der Waals surface area contributed by atoms with E-state index in [0.29, 0.717) is 26.4 Å². The van der Waals surface area contributed by atoms with Crippen molar-refractivity contribution in [3.8, 4) is 22.6 Å². The van der Waals surface area contributed by atoms with Gasteiger partial charge in [-0.3, -0.25) is 0 Å². The minimum atomic E-state index is -1.66. The molecule has 8 heteroatoms. The van der Waals surface area contributed by atoms with Gasteiger partial charge in [-0.15, -0.1) is 0 Å².